The van der Waals surface area contributed by atoms with Crippen molar-refractivity contribution in [2.75, 3.05) is 0 Å². The molecule has 0 aliphatic heterocycles. The molecule has 1 amide bonds. The molecule has 1 aromatic carbocycles. The van der Waals surface area contributed by atoms with Crippen molar-refractivity contribution in [3.63, 3.8) is 0 Å². The molecule has 0 unspecified atom stereocenters. The Bertz CT molecular complexity index is 279. The number of amides is 1. The Labute approximate surface area is 77.0 Å². The number of nitrogens with two attached hydrogens (primary N) is 1. The van der Waals surface area contributed by atoms with E-state index in [0.717, 1.165) is 0 Å². The molecule has 0 aromatic heterocycles. The summed E-state index contributed by atoms with van der Waals surface area (Å²) < 4.78 is 1.37. The molecule has 64 valence electrons. The van der Waals surface area contributed by atoms with Gasteiger partial charge in [0.05, 0.1) is 0 Å². The molecule has 2 N–H and O–H groups in total. The zero-order chi connectivity index (χ0) is 9.14. The van der Waals surface area contributed by atoms with Gasteiger partial charge in [0.1, 0.15) is 0 Å². The van der Waals surface area contributed by atoms with E-state index in [-0.39, 0.29) is 5.91 Å². The first kappa shape index (κ1) is 9.34. The van der Waals surface area contributed by atoms with Crippen LogP contribution in [0.2, 0.25) is 11.4 Å². The van der Waals surface area contributed by atoms with Crippen LogP contribution in [-0.2, 0) is 0 Å². The maximum atomic E-state index is 10.7. The molecule has 0 aliphatic carbocycles. The molecule has 3 heteroatoms. The summed E-state index contributed by atoms with van der Waals surface area (Å²) in [5.41, 5.74) is 10.2. The predicted octanol–water partition coefficient (Wildman–Crippen LogP) is 0.747. The SMILES string of the molecule is C[As](C)c1ccc(C(N)=O)cc1. The summed E-state index contributed by atoms with van der Waals surface area (Å²) in [5.74, 6) is -0.354. The Hall–Kier alpha value is -0.752. The normalized spacial score (nSPS) is 10.2. The van der Waals surface area contributed by atoms with Crippen molar-refractivity contribution in [1.82, 2.24) is 0 Å². The molecule has 0 bridgehead atoms. The quantitative estimate of drug-likeness (QED) is 0.741. The van der Waals surface area contributed by atoms with E-state index in [2.05, 4.69) is 11.4 Å². The minimum absolute atomic E-state index is 0.354. The van der Waals surface area contributed by atoms with E-state index >= 15 is 0 Å². The number of primary amides is 1. The van der Waals surface area contributed by atoms with Gasteiger partial charge >= 0.3 is 76.7 Å². The summed E-state index contributed by atoms with van der Waals surface area (Å²) in [6.07, 6.45) is 0. The van der Waals surface area contributed by atoms with E-state index in [0.29, 0.717) is 5.56 Å². The van der Waals surface area contributed by atoms with Gasteiger partial charge in [-0.15, -0.1) is 0 Å². The fraction of sp³-hybridized carbons (Fsp3) is 0.222. The molecule has 0 heterocycles. The Morgan fingerprint density at radius 2 is 1.75 bits per heavy atom. The number of hydrogen-bond donors (Lipinski definition) is 1. The van der Waals surface area contributed by atoms with E-state index in [1.54, 1.807) is 12.1 Å². The molecule has 0 spiro atoms. The summed E-state index contributed by atoms with van der Waals surface area (Å²) in [6, 6.07) is 7.60. The molecule has 0 atom stereocenters. The van der Waals surface area contributed by atoms with E-state index in [9.17, 15) is 4.79 Å². The van der Waals surface area contributed by atoms with Gasteiger partial charge in [-0.3, -0.25) is 0 Å². The molecule has 2 nitrogen and oxygen atoms in total. The Kier molecular flexibility index (Phi) is 2.93. The Morgan fingerprint density at radius 3 is 2.08 bits per heavy atom. The zero-order valence-electron chi connectivity index (χ0n) is 7.24. The first-order chi connectivity index (χ1) is 5.61. The van der Waals surface area contributed by atoms with Gasteiger partial charge < -0.3 is 0 Å². The second kappa shape index (κ2) is 3.77. The van der Waals surface area contributed by atoms with Gasteiger partial charge in [0.25, 0.3) is 0 Å². The first-order valence-electron chi connectivity index (χ1n) is 3.68. The fourth-order valence-electron chi connectivity index (χ4n) is 0.924. The number of benzene rings is 1. The second-order valence-electron chi connectivity index (χ2n) is 2.81. The van der Waals surface area contributed by atoms with Crippen molar-refractivity contribution in [3.8, 4) is 0 Å². The summed E-state index contributed by atoms with van der Waals surface area (Å²) >= 11 is -0.794. The van der Waals surface area contributed by atoms with Crippen LogP contribution in [0.5, 0.6) is 0 Å². The van der Waals surface area contributed by atoms with E-state index in [1.807, 2.05) is 12.1 Å². The van der Waals surface area contributed by atoms with Crippen molar-refractivity contribution in [3.05, 3.63) is 29.8 Å². The van der Waals surface area contributed by atoms with Crippen LogP contribution < -0.4 is 10.1 Å². The molecule has 0 aliphatic rings. The molecular formula is C9H12AsNO. The fourth-order valence-corrected chi connectivity index (χ4v) is 2.49. The average Bonchev–Trinajstić information content (AvgIpc) is 2.04. The maximum absolute atomic E-state index is 10.7. The van der Waals surface area contributed by atoms with Crippen LogP contribution in [0.15, 0.2) is 24.3 Å². The van der Waals surface area contributed by atoms with Gasteiger partial charge in [-0.1, -0.05) is 0 Å². The molecule has 0 saturated heterocycles. The topological polar surface area (TPSA) is 43.1 Å². The first-order valence-corrected chi connectivity index (χ1v) is 8.37. The monoisotopic (exact) mass is 225 g/mol. The van der Waals surface area contributed by atoms with Crippen LogP contribution in [0.4, 0.5) is 0 Å². The van der Waals surface area contributed by atoms with Crippen molar-refractivity contribution in [1.29, 1.82) is 0 Å². The van der Waals surface area contributed by atoms with Crippen molar-refractivity contribution in [2.45, 2.75) is 11.4 Å². The number of carbonyl (C=O) groups excluding carboxylic acids is 1. The second-order valence-corrected chi connectivity index (χ2v) is 7.64. The van der Waals surface area contributed by atoms with Crippen molar-refractivity contribution < 1.29 is 4.79 Å². The molecule has 0 radical (unpaired) electrons. The van der Waals surface area contributed by atoms with Crippen LogP contribution in [0.1, 0.15) is 10.4 Å². The minimum atomic E-state index is -0.794. The van der Waals surface area contributed by atoms with Gasteiger partial charge in [0.15, 0.2) is 0 Å². The van der Waals surface area contributed by atoms with E-state index in [4.69, 9.17) is 5.73 Å². The van der Waals surface area contributed by atoms with Gasteiger partial charge in [0.2, 0.25) is 0 Å². The van der Waals surface area contributed by atoms with Gasteiger partial charge in [0, 0.05) is 0 Å². The standard InChI is InChI=1S/C9H12AsNO/c1-10(2)8-5-3-7(4-6-8)9(11)12/h3-6H,1-2H3,(H2,11,12). The summed E-state index contributed by atoms with van der Waals surface area (Å²) in [7, 11) is 0. The van der Waals surface area contributed by atoms with Crippen LogP contribution in [0.3, 0.4) is 0 Å². The van der Waals surface area contributed by atoms with Crippen LogP contribution in [0, 0.1) is 0 Å². The van der Waals surface area contributed by atoms with Gasteiger partial charge in [-0.25, -0.2) is 0 Å². The summed E-state index contributed by atoms with van der Waals surface area (Å²) in [5, 5.41) is 0. The number of carbonyl (C=O) groups is 1. The third kappa shape index (κ3) is 2.12. The molecule has 1 aromatic rings. The van der Waals surface area contributed by atoms with Gasteiger partial charge in [-0.2, -0.15) is 0 Å². The zero-order valence-corrected chi connectivity index (χ0v) is 9.12. The molecular weight excluding hydrogens is 213 g/mol. The summed E-state index contributed by atoms with van der Waals surface area (Å²) in [6.45, 7) is 0. The Balaban J connectivity index is 2.93. The molecule has 12 heavy (non-hydrogen) atoms. The molecule has 0 saturated carbocycles. The van der Waals surface area contributed by atoms with Crippen molar-refractivity contribution in [2.24, 2.45) is 5.73 Å². The third-order valence-electron chi connectivity index (χ3n) is 1.67. The van der Waals surface area contributed by atoms with Crippen LogP contribution in [0.25, 0.3) is 0 Å². The van der Waals surface area contributed by atoms with Crippen molar-refractivity contribution >= 4 is 24.9 Å². The molecule has 0 fully saturated rings. The van der Waals surface area contributed by atoms with E-state index in [1.165, 1.54) is 4.35 Å². The van der Waals surface area contributed by atoms with Gasteiger partial charge in [-0.05, 0) is 0 Å². The average molecular weight is 225 g/mol. The summed E-state index contributed by atoms with van der Waals surface area (Å²) in [4.78, 5) is 10.7. The van der Waals surface area contributed by atoms with E-state index < -0.39 is 14.7 Å². The third-order valence-corrected chi connectivity index (χ3v) is 4.46. The van der Waals surface area contributed by atoms with Crippen LogP contribution >= 0.6 is 0 Å². The molecule has 1 rings (SSSR count). The number of hydrogen-bond acceptors (Lipinski definition) is 1. The van der Waals surface area contributed by atoms with Crippen LogP contribution in [-0.4, -0.2) is 20.6 Å². The predicted molar refractivity (Wildman–Crippen MR) is 52.1 cm³/mol. The Morgan fingerprint density at radius 1 is 1.25 bits per heavy atom. The number of rotatable bonds is 2.